The summed E-state index contributed by atoms with van der Waals surface area (Å²) in [7, 11) is -2.21. The molecule has 0 unspecified atom stereocenters. The zero-order chi connectivity index (χ0) is 25.6. The van der Waals surface area contributed by atoms with Gasteiger partial charge in [-0.3, -0.25) is 9.59 Å². The molecule has 1 N–H and O–H groups in total. The number of sulfonamides is 1. The van der Waals surface area contributed by atoms with Gasteiger partial charge in [0.15, 0.2) is 0 Å². The number of carbonyl (C=O) groups is 1. The number of nitrogens with one attached hydrogen (secondary N) is 1. The Labute approximate surface area is 209 Å². The molecule has 36 heavy (non-hydrogen) atoms. The van der Waals surface area contributed by atoms with Gasteiger partial charge in [0.25, 0.3) is 5.56 Å². The summed E-state index contributed by atoms with van der Waals surface area (Å²) in [6.45, 7) is 4.22. The molecule has 1 aliphatic heterocycles. The van der Waals surface area contributed by atoms with Crippen molar-refractivity contribution in [3.63, 3.8) is 0 Å². The van der Waals surface area contributed by atoms with Crippen LogP contribution < -0.4 is 5.56 Å². The second kappa shape index (κ2) is 9.03. The number of hydrogen-bond donors (Lipinski definition) is 1. The molecule has 1 aliphatic rings. The molecule has 0 spiro atoms. The molecular weight excluding hydrogens is 478 g/mol. The third-order valence-corrected chi connectivity index (χ3v) is 8.50. The number of rotatable bonds is 5. The molecule has 4 aromatic rings. The Balaban J connectivity index is 1.30. The zero-order valence-corrected chi connectivity index (χ0v) is 21.1. The van der Waals surface area contributed by atoms with Crippen LogP contribution in [0.25, 0.3) is 22.2 Å². The normalized spacial score (nSPS) is 17.1. The SMILES string of the molecule is Cc1c[nH]c2cc(S(=O)(=O)N3CC(=O)N(Cc4ccc(-c5ccc(=O)n(C)n5)cc4)[C@@H](C)C3)ccc12. The van der Waals surface area contributed by atoms with Crippen LogP contribution in [0.4, 0.5) is 0 Å². The minimum absolute atomic E-state index is 0.174. The summed E-state index contributed by atoms with van der Waals surface area (Å²) in [5, 5.41) is 5.24. The Morgan fingerprint density at radius 2 is 1.81 bits per heavy atom. The topological polar surface area (TPSA) is 108 Å². The van der Waals surface area contributed by atoms with Gasteiger partial charge in [-0.15, -0.1) is 0 Å². The smallest absolute Gasteiger partial charge is 0.266 e. The van der Waals surface area contributed by atoms with E-state index in [2.05, 4.69) is 10.1 Å². The van der Waals surface area contributed by atoms with E-state index in [9.17, 15) is 18.0 Å². The predicted molar refractivity (Wildman–Crippen MR) is 137 cm³/mol. The number of piperazine rings is 1. The minimum atomic E-state index is -3.81. The van der Waals surface area contributed by atoms with Gasteiger partial charge in [0.1, 0.15) is 0 Å². The number of aryl methyl sites for hydroxylation is 2. The molecule has 5 rings (SSSR count). The van der Waals surface area contributed by atoms with Gasteiger partial charge < -0.3 is 9.88 Å². The van der Waals surface area contributed by atoms with Gasteiger partial charge in [0, 0.05) is 54.9 Å². The fraction of sp³-hybridized carbons (Fsp3) is 0.269. The number of hydrogen-bond acceptors (Lipinski definition) is 5. The van der Waals surface area contributed by atoms with Crippen molar-refractivity contribution < 1.29 is 13.2 Å². The fourth-order valence-corrected chi connectivity index (χ4v) is 6.06. The Kier molecular flexibility index (Phi) is 6.01. The van der Waals surface area contributed by atoms with E-state index in [-0.39, 0.29) is 35.5 Å². The molecule has 1 saturated heterocycles. The van der Waals surface area contributed by atoms with Crippen LogP contribution in [0.2, 0.25) is 0 Å². The highest BCUT2D eigenvalue weighted by molar-refractivity contribution is 7.89. The van der Waals surface area contributed by atoms with Crippen molar-refractivity contribution in [1.82, 2.24) is 24.0 Å². The van der Waals surface area contributed by atoms with Gasteiger partial charge in [0.05, 0.1) is 17.1 Å². The van der Waals surface area contributed by atoms with Crippen LogP contribution in [0.1, 0.15) is 18.1 Å². The minimum Gasteiger partial charge on any atom is -0.361 e. The van der Waals surface area contributed by atoms with E-state index in [1.165, 1.54) is 15.1 Å². The number of carbonyl (C=O) groups excluding carboxylic acids is 1. The lowest BCUT2D eigenvalue weighted by Crippen LogP contribution is -2.56. The van der Waals surface area contributed by atoms with E-state index in [1.807, 2.05) is 44.3 Å². The molecular formula is C26H27N5O4S. The lowest BCUT2D eigenvalue weighted by Gasteiger charge is -2.39. The van der Waals surface area contributed by atoms with Crippen molar-refractivity contribution in [2.24, 2.45) is 7.05 Å². The molecule has 1 fully saturated rings. The summed E-state index contributed by atoms with van der Waals surface area (Å²) in [6.07, 6.45) is 1.84. The van der Waals surface area contributed by atoms with Gasteiger partial charge in [-0.2, -0.15) is 9.40 Å². The quantitative estimate of drug-likeness (QED) is 0.449. The van der Waals surface area contributed by atoms with Crippen molar-refractivity contribution in [3.05, 3.63) is 82.3 Å². The fourth-order valence-electron chi connectivity index (χ4n) is 4.57. The van der Waals surface area contributed by atoms with E-state index in [0.717, 1.165) is 27.6 Å². The summed E-state index contributed by atoms with van der Waals surface area (Å²) >= 11 is 0. The Morgan fingerprint density at radius 1 is 1.06 bits per heavy atom. The van der Waals surface area contributed by atoms with E-state index in [0.29, 0.717) is 12.2 Å². The first-order valence-corrected chi connectivity index (χ1v) is 13.1. The first kappa shape index (κ1) is 24.0. The largest absolute Gasteiger partial charge is 0.361 e. The van der Waals surface area contributed by atoms with Gasteiger partial charge in [-0.25, -0.2) is 13.1 Å². The molecule has 0 saturated carbocycles. The van der Waals surface area contributed by atoms with Crippen molar-refractivity contribution in [3.8, 4) is 11.3 Å². The highest BCUT2D eigenvalue weighted by atomic mass is 32.2. The van der Waals surface area contributed by atoms with Gasteiger partial charge in [-0.05, 0) is 43.2 Å². The maximum absolute atomic E-state index is 13.3. The molecule has 0 bridgehead atoms. The molecule has 2 aromatic heterocycles. The van der Waals surface area contributed by atoms with Crippen molar-refractivity contribution in [1.29, 1.82) is 0 Å². The van der Waals surface area contributed by atoms with Gasteiger partial charge >= 0.3 is 0 Å². The first-order chi connectivity index (χ1) is 17.1. The third-order valence-electron chi connectivity index (χ3n) is 6.69. The van der Waals surface area contributed by atoms with Crippen molar-refractivity contribution >= 4 is 26.8 Å². The maximum Gasteiger partial charge on any atom is 0.266 e. The molecule has 1 atom stereocenters. The number of aromatic nitrogens is 3. The number of benzene rings is 2. The number of H-pyrrole nitrogens is 1. The van der Waals surface area contributed by atoms with Gasteiger partial charge in [0.2, 0.25) is 15.9 Å². The van der Waals surface area contributed by atoms with Crippen LogP contribution in [0, 0.1) is 6.92 Å². The summed E-state index contributed by atoms with van der Waals surface area (Å²) in [5.41, 5.74) is 4.09. The van der Waals surface area contributed by atoms with Crippen LogP contribution in [-0.4, -0.2) is 57.4 Å². The van der Waals surface area contributed by atoms with E-state index in [1.54, 1.807) is 36.2 Å². The number of fused-ring (bicyclic) bond motifs is 1. The molecule has 1 amide bonds. The van der Waals surface area contributed by atoms with Crippen molar-refractivity contribution in [2.45, 2.75) is 31.3 Å². The molecule has 0 radical (unpaired) electrons. The molecule has 9 nitrogen and oxygen atoms in total. The maximum atomic E-state index is 13.3. The Bertz CT molecular complexity index is 1620. The number of amides is 1. The van der Waals surface area contributed by atoms with E-state index < -0.39 is 10.0 Å². The number of nitrogens with zero attached hydrogens (tertiary/aromatic N) is 4. The summed E-state index contributed by atoms with van der Waals surface area (Å²) in [6, 6.07) is 15.5. The lowest BCUT2D eigenvalue weighted by molar-refractivity contribution is -0.137. The highest BCUT2D eigenvalue weighted by Gasteiger charge is 2.36. The van der Waals surface area contributed by atoms with E-state index >= 15 is 0 Å². The zero-order valence-electron chi connectivity index (χ0n) is 20.3. The van der Waals surface area contributed by atoms with Crippen LogP contribution in [0.3, 0.4) is 0 Å². The standard InChI is InChI=1S/C26H27N5O4S/c1-17-13-27-24-12-21(8-9-22(17)24)36(34,35)30-14-18(2)31(26(33)16-30)15-19-4-6-20(7-5-19)23-10-11-25(32)29(3)28-23/h4-13,18,27H,14-16H2,1-3H3/t18-/m0/s1. The number of aromatic amines is 1. The monoisotopic (exact) mass is 505 g/mol. The van der Waals surface area contributed by atoms with Crippen LogP contribution >= 0.6 is 0 Å². The predicted octanol–water partition coefficient (Wildman–Crippen LogP) is 2.66. The highest BCUT2D eigenvalue weighted by Crippen LogP contribution is 2.26. The van der Waals surface area contributed by atoms with Crippen molar-refractivity contribution in [2.75, 3.05) is 13.1 Å². The second-order valence-electron chi connectivity index (χ2n) is 9.22. The Morgan fingerprint density at radius 3 is 2.50 bits per heavy atom. The molecule has 0 aliphatic carbocycles. The second-order valence-corrected chi connectivity index (χ2v) is 11.2. The van der Waals surface area contributed by atoms with Crippen LogP contribution in [0.15, 0.2) is 70.5 Å². The summed E-state index contributed by atoms with van der Waals surface area (Å²) < 4.78 is 29.2. The molecule has 3 heterocycles. The van der Waals surface area contributed by atoms with Gasteiger partial charge in [-0.1, -0.05) is 30.3 Å². The summed E-state index contributed by atoms with van der Waals surface area (Å²) in [5.74, 6) is -0.238. The molecule has 186 valence electrons. The summed E-state index contributed by atoms with van der Waals surface area (Å²) in [4.78, 5) is 29.6. The molecule has 10 heteroatoms. The molecule has 2 aromatic carbocycles. The Hall–Kier alpha value is -3.76. The van der Waals surface area contributed by atoms with E-state index in [4.69, 9.17) is 0 Å². The average Bonchev–Trinajstić information content (AvgIpc) is 3.23. The first-order valence-electron chi connectivity index (χ1n) is 11.6. The average molecular weight is 506 g/mol. The van der Waals surface area contributed by atoms with Crippen LogP contribution in [-0.2, 0) is 28.4 Å². The van der Waals surface area contributed by atoms with Crippen LogP contribution in [0.5, 0.6) is 0 Å². The lowest BCUT2D eigenvalue weighted by atomic mass is 10.1. The third kappa shape index (κ3) is 4.33.